The molecule has 0 unspecified atom stereocenters. The maximum Gasteiger partial charge on any atom is 0.342 e. The topological polar surface area (TPSA) is 68.3 Å². The molecule has 2 rings (SSSR count). The number of amides is 1. The van der Waals surface area contributed by atoms with Crippen molar-refractivity contribution in [1.82, 2.24) is 4.98 Å². The molecule has 0 bridgehead atoms. The van der Waals surface area contributed by atoms with Crippen molar-refractivity contribution >= 4 is 29.2 Å². The predicted octanol–water partition coefficient (Wildman–Crippen LogP) is 3.81. The van der Waals surface area contributed by atoms with Crippen molar-refractivity contribution in [1.29, 1.82) is 0 Å². The molecule has 8 heteroatoms. The minimum atomic E-state index is -1.30. The monoisotopic (exact) mass is 368 g/mol. The van der Waals surface area contributed by atoms with Crippen LogP contribution < -0.4 is 5.32 Å². The highest BCUT2D eigenvalue weighted by molar-refractivity contribution is 6.32. The molecule has 1 N–H and O–H groups in total. The van der Waals surface area contributed by atoms with Crippen molar-refractivity contribution in [3.63, 3.8) is 0 Å². The van der Waals surface area contributed by atoms with E-state index < -0.39 is 35.3 Å². The van der Waals surface area contributed by atoms with E-state index in [0.717, 1.165) is 12.1 Å². The molecular weight excluding hydrogens is 354 g/mol. The van der Waals surface area contributed by atoms with Gasteiger partial charge in [-0.2, -0.15) is 0 Å². The Labute approximate surface area is 148 Å². The van der Waals surface area contributed by atoms with Crippen LogP contribution in [0, 0.1) is 25.5 Å². The number of pyridine rings is 1. The van der Waals surface area contributed by atoms with Gasteiger partial charge in [0.2, 0.25) is 0 Å². The summed E-state index contributed by atoms with van der Waals surface area (Å²) in [5, 5.41) is 2.01. The third kappa shape index (κ3) is 4.30. The summed E-state index contributed by atoms with van der Waals surface area (Å²) in [7, 11) is 0. The average molecular weight is 369 g/mol. The van der Waals surface area contributed by atoms with Crippen molar-refractivity contribution in [2.45, 2.75) is 26.9 Å². The minimum Gasteiger partial charge on any atom is -0.449 e. The lowest BCUT2D eigenvalue weighted by Crippen LogP contribution is -2.31. The van der Waals surface area contributed by atoms with Crippen LogP contribution in [0.15, 0.2) is 24.3 Å². The zero-order valence-corrected chi connectivity index (χ0v) is 14.4. The number of rotatable bonds is 4. The highest BCUT2D eigenvalue weighted by Crippen LogP contribution is 2.21. The lowest BCUT2D eigenvalue weighted by molar-refractivity contribution is -0.123. The number of aromatic nitrogens is 1. The van der Waals surface area contributed by atoms with Crippen LogP contribution in [0.1, 0.15) is 28.5 Å². The van der Waals surface area contributed by atoms with E-state index >= 15 is 0 Å². The summed E-state index contributed by atoms with van der Waals surface area (Å²) in [6.07, 6.45) is -1.30. The molecule has 0 aliphatic rings. The van der Waals surface area contributed by atoms with E-state index in [-0.39, 0.29) is 10.7 Å². The summed E-state index contributed by atoms with van der Waals surface area (Å²) >= 11 is 5.95. The molecular formula is C17H15ClF2N2O3. The van der Waals surface area contributed by atoms with E-state index in [1.165, 1.54) is 13.0 Å². The van der Waals surface area contributed by atoms with Gasteiger partial charge in [-0.25, -0.2) is 18.6 Å². The van der Waals surface area contributed by atoms with Crippen LogP contribution in [0.3, 0.4) is 0 Å². The fourth-order valence-electron chi connectivity index (χ4n) is 2.15. The van der Waals surface area contributed by atoms with Crippen LogP contribution in [-0.4, -0.2) is 23.0 Å². The molecule has 1 atom stereocenters. The predicted molar refractivity (Wildman–Crippen MR) is 88.6 cm³/mol. The number of nitrogens with one attached hydrogen (secondary N) is 1. The van der Waals surface area contributed by atoms with Crippen molar-refractivity contribution in [3.8, 4) is 0 Å². The van der Waals surface area contributed by atoms with Gasteiger partial charge in [-0.15, -0.1) is 0 Å². The average Bonchev–Trinajstić information content (AvgIpc) is 2.49. The first-order valence-electron chi connectivity index (χ1n) is 7.30. The van der Waals surface area contributed by atoms with Crippen molar-refractivity contribution < 1.29 is 23.1 Å². The molecule has 5 nitrogen and oxygen atoms in total. The number of hydrogen-bond donors (Lipinski definition) is 1. The van der Waals surface area contributed by atoms with Crippen LogP contribution in [0.5, 0.6) is 0 Å². The third-order valence-corrected chi connectivity index (χ3v) is 3.64. The molecule has 0 spiro atoms. The van der Waals surface area contributed by atoms with Gasteiger partial charge in [0, 0.05) is 5.69 Å². The molecule has 1 amide bonds. The van der Waals surface area contributed by atoms with Gasteiger partial charge in [0.1, 0.15) is 22.5 Å². The van der Waals surface area contributed by atoms with Crippen molar-refractivity contribution in [2.75, 3.05) is 5.32 Å². The number of carbonyl (C=O) groups is 2. The fraction of sp³-hybridized carbons (Fsp3) is 0.235. The molecule has 0 aliphatic heterocycles. The SMILES string of the molecule is Cc1cc(C)c(C(=O)O[C@@H](C)C(=O)Nc2c(F)cccc2F)c(Cl)n1. The summed E-state index contributed by atoms with van der Waals surface area (Å²) in [6.45, 7) is 4.64. The molecule has 1 aromatic heterocycles. The summed E-state index contributed by atoms with van der Waals surface area (Å²) in [5.74, 6) is -3.61. The summed E-state index contributed by atoms with van der Waals surface area (Å²) in [6, 6.07) is 4.80. The molecule has 1 heterocycles. The molecule has 132 valence electrons. The first kappa shape index (κ1) is 18.8. The third-order valence-electron chi connectivity index (χ3n) is 3.37. The molecule has 1 aromatic carbocycles. The molecule has 0 fully saturated rings. The van der Waals surface area contributed by atoms with Crippen LogP contribution in [0.4, 0.5) is 14.5 Å². The first-order chi connectivity index (χ1) is 11.7. The highest BCUT2D eigenvalue weighted by Gasteiger charge is 2.24. The number of para-hydroxylation sites is 1. The zero-order chi connectivity index (χ0) is 18.7. The summed E-state index contributed by atoms with van der Waals surface area (Å²) in [5.41, 5.74) is 0.584. The Bertz CT molecular complexity index is 799. The molecule has 0 saturated heterocycles. The normalized spacial score (nSPS) is 11.8. The van der Waals surface area contributed by atoms with Crippen LogP contribution in [0.25, 0.3) is 0 Å². The largest absolute Gasteiger partial charge is 0.449 e. The zero-order valence-electron chi connectivity index (χ0n) is 13.7. The van der Waals surface area contributed by atoms with Gasteiger partial charge in [-0.05, 0) is 44.5 Å². The fourth-order valence-corrected chi connectivity index (χ4v) is 2.51. The maximum absolute atomic E-state index is 13.6. The van der Waals surface area contributed by atoms with E-state index in [1.807, 2.05) is 0 Å². The van der Waals surface area contributed by atoms with E-state index in [2.05, 4.69) is 10.3 Å². The lowest BCUT2D eigenvalue weighted by Gasteiger charge is -2.15. The van der Waals surface area contributed by atoms with Crippen LogP contribution in [0.2, 0.25) is 5.15 Å². The first-order valence-corrected chi connectivity index (χ1v) is 7.68. The standard InChI is InChI=1S/C17H15ClF2N2O3/c1-8-7-9(2)21-15(18)13(8)17(24)25-10(3)16(23)22-14-11(19)5-4-6-12(14)20/h4-7,10H,1-3H3,(H,22,23)/t10-/m0/s1. The number of nitrogens with zero attached hydrogens (tertiary/aromatic N) is 1. The van der Waals surface area contributed by atoms with Crippen LogP contribution in [-0.2, 0) is 9.53 Å². The lowest BCUT2D eigenvalue weighted by atomic mass is 10.1. The smallest absolute Gasteiger partial charge is 0.342 e. The second kappa shape index (κ2) is 7.57. The Kier molecular flexibility index (Phi) is 5.69. The molecule has 0 radical (unpaired) electrons. The number of carbonyl (C=O) groups excluding carboxylic acids is 2. The second-order valence-corrected chi connectivity index (χ2v) is 5.74. The van der Waals surface area contributed by atoms with Gasteiger partial charge in [-0.3, -0.25) is 4.79 Å². The number of aryl methyl sites for hydroxylation is 2. The summed E-state index contributed by atoms with van der Waals surface area (Å²) < 4.78 is 32.1. The number of esters is 1. The van der Waals surface area contributed by atoms with Gasteiger partial charge in [0.25, 0.3) is 5.91 Å². The van der Waals surface area contributed by atoms with Gasteiger partial charge < -0.3 is 10.1 Å². The Morgan fingerprint density at radius 2 is 1.84 bits per heavy atom. The van der Waals surface area contributed by atoms with Gasteiger partial charge in [0.15, 0.2) is 6.10 Å². The Hall–Kier alpha value is -2.54. The number of anilines is 1. The quantitative estimate of drug-likeness (QED) is 0.658. The Morgan fingerprint density at radius 3 is 2.40 bits per heavy atom. The Balaban J connectivity index is 2.13. The van der Waals surface area contributed by atoms with Crippen LogP contribution >= 0.6 is 11.6 Å². The minimum absolute atomic E-state index is 0.0315. The number of benzene rings is 1. The van der Waals surface area contributed by atoms with E-state index in [1.54, 1.807) is 19.9 Å². The summed E-state index contributed by atoms with van der Waals surface area (Å²) in [4.78, 5) is 28.2. The number of hydrogen-bond acceptors (Lipinski definition) is 4. The molecule has 0 aliphatic carbocycles. The number of halogens is 3. The van der Waals surface area contributed by atoms with Crippen molar-refractivity contribution in [2.24, 2.45) is 0 Å². The van der Waals surface area contributed by atoms with E-state index in [9.17, 15) is 18.4 Å². The Morgan fingerprint density at radius 1 is 1.24 bits per heavy atom. The van der Waals surface area contributed by atoms with Gasteiger partial charge in [0.05, 0.1) is 5.56 Å². The highest BCUT2D eigenvalue weighted by atomic mass is 35.5. The van der Waals surface area contributed by atoms with E-state index in [0.29, 0.717) is 11.3 Å². The number of ether oxygens (including phenoxy) is 1. The molecule has 0 saturated carbocycles. The second-order valence-electron chi connectivity index (χ2n) is 5.38. The van der Waals surface area contributed by atoms with Gasteiger partial charge in [-0.1, -0.05) is 17.7 Å². The van der Waals surface area contributed by atoms with Gasteiger partial charge >= 0.3 is 5.97 Å². The molecule has 25 heavy (non-hydrogen) atoms. The maximum atomic E-state index is 13.6. The molecule has 2 aromatic rings. The van der Waals surface area contributed by atoms with E-state index in [4.69, 9.17) is 16.3 Å². The van der Waals surface area contributed by atoms with Crippen molar-refractivity contribution in [3.05, 3.63) is 57.9 Å².